The van der Waals surface area contributed by atoms with E-state index in [2.05, 4.69) is 5.10 Å². The van der Waals surface area contributed by atoms with Gasteiger partial charge in [0, 0.05) is 18.8 Å². The lowest BCUT2D eigenvalue weighted by Gasteiger charge is -2.19. The molecule has 0 unspecified atom stereocenters. The summed E-state index contributed by atoms with van der Waals surface area (Å²) in [5.41, 5.74) is 0. The third kappa shape index (κ3) is 2.73. The summed E-state index contributed by atoms with van der Waals surface area (Å²) in [6.07, 6.45) is 5.54. The molecule has 1 aromatic rings. The molecule has 102 valence electrons. The van der Waals surface area contributed by atoms with Crippen molar-refractivity contribution in [2.75, 3.05) is 13.2 Å². The van der Waals surface area contributed by atoms with E-state index in [4.69, 9.17) is 5.11 Å². The first kappa shape index (κ1) is 13.5. The summed E-state index contributed by atoms with van der Waals surface area (Å²) in [5, 5.41) is 12.7. The van der Waals surface area contributed by atoms with Crippen LogP contribution in [0.15, 0.2) is 17.3 Å². The van der Waals surface area contributed by atoms with Crippen LogP contribution in [0.1, 0.15) is 26.2 Å². The fourth-order valence-electron chi connectivity index (χ4n) is 1.92. The van der Waals surface area contributed by atoms with Gasteiger partial charge in [-0.3, -0.25) is 4.68 Å². The highest BCUT2D eigenvalue weighted by molar-refractivity contribution is 7.89. The molecular formula is C11H19N3O3S. The maximum absolute atomic E-state index is 12.4. The third-order valence-corrected chi connectivity index (χ3v) is 4.85. The molecule has 1 aliphatic rings. The van der Waals surface area contributed by atoms with Gasteiger partial charge < -0.3 is 5.11 Å². The van der Waals surface area contributed by atoms with E-state index in [1.54, 1.807) is 4.31 Å². The molecule has 0 saturated heterocycles. The lowest BCUT2D eigenvalue weighted by atomic mass is 10.5. The number of aliphatic hydroxyl groups excluding tert-OH is 1. The van der Waals surface area contributed by atoms with Gasteiger partial charge in [-0.25, -0.2) is 8.42 Å². The minimum absolute atomic E-state index is 0.0531. The van der Waals surface area contributed by atoms with Gasteiger partial charge in [0.15, 0.2) is 0 Å². The first-order chi connectivity index (χ1) is 8.59. The normalized spacial score (nSPS) is 16.4. The molecule has 18 heavy (non-hydrogen) atoms. The Morgan fingerprint density at radius 2 is 2.28 bits per heavy atom. The van der Waals surface area contributed by atoms with E-state index in [-0.39, 0.29) is 17.5 Å². The average Bonchev–Trinajstić information content (AvgIpc) is 3.05. The van der Waals surface area contributed by atoms with Crippen molar-refractivity contribution in [1.29, 1.82) is 0 Å². The minimum atomic E-state index is -3.43. The standard InChI is InChI=1S/C11H19N3O3S/c1-2-5-14(10-3-4-10)18(16,17)11-8-12-13(9-11)6-7-15/h8-10,15H,2-7H2,1H3. The lowest BCUT2D eigenvalue weighted by Crippen LogP contribution is -2.33. The minimum Gasteiger partial charge on any atom is -0.394 e. The van der Waals surface area contributed by atoms with Crippen LogP contribution in [0.25, 0.3) is 0 Å². The average molecular weight is 273 g/mol. The number of rotatable bonds is 7. The predicted molar refractivity (Wildman–Crippen MR) is 66.5 cm³/mol. The fraction of sp³-hybridized carbons (Fsp3) is 0.727. The van der Waals surface area contributed by atoms with Crippen LogP contribution in [0.3, 0.4) is 0 Å². The van der Waals surface area contributed by atoms with Crippen LogP contribution in [0.4, 0.5) is 0 Å². The molecule has 0 aromatic carbocycles. The van der Waals surface area contributed by atoms with Gasteiger partial charge in [-0.2, -0.15) is 9.40 Å². The quantitative estimate of drug-likeness (QED) is 0.782. The molecule has 1 saturated carbocycles. The number of hydrogen-bond acceptors (Lipinski definition) is 4. The van der Waals surface area contributed by atoms with Crippen LogP contribution < -0.4 is 0 Å². The van der Waals surface area contributed by atoms with Crippen molar-refractivity contribution in [3.8, 4) is 0 Å². The molecule has 6 nitrogen and oxygen atoms in total. The molecule has 1 aromatic heterocycles. The molecule has 0 radical (unpaired) electrons. The maximum atomic E-state index is 12.4. The van der Waals surface area contributed by atoms with Crippen LogP contribution in [0, 0.1) is 0 Å². The summed E-state index contributed by atoms with van der Waals surface area (Å²) in [7, 11) is -3.43. The SMILES string of the molecule is CCCN(C1CC1)S(=O)(=O)c1cnn(CCO)c1. The molecule has 0 amide bonds. The number of aromatic nitrogens is 2. The predicted octanol–water partition coefficient (Wildman–Crippen LogP) is 0.438. The molecule has 1 fully saturated rings. The molecular weight excluding hydrogens is 254 g/mol. The van der Waals surface area contributed by atoms with Gasteiger partial charge in [-0.1, -0.05) is 6.92 Å². The third-order valence-electron chi connectivity index (χ3n) is 2.94. The number of hydrogen-bond donors (Lipinski definition) is 1. The zero-order valence-corrected chi connectivity index (χ0v) is 11.3. The van der Waals surface area contributed by atoms with Crippen LogP contribution in [0.2, 0.25) is 0 Å². The van der Waals surface area contributed by atoms with Crippen molar-refractivity contribution in [2.45, 2.75) is 43.7 Å². The Morgan fingerprint density at radius 3 is 2.83 bits per heavy atom. The summed E-state index contributed by atoms with van der Waals surface area (Å²) in [5.74, 6) is 0. The first-order valence-corrected chi connectivity index (χ1v) is 7.68. The van der Waals surface area contributed by atoms with Crippen molar-refractivity contribution in [2.24, 2.45) is 0 Å². The molecule has 2 rings (SSSR count). The Balaban J connectivity index is 2.21. The van der Waals surface area contributed by atoms with E-state index in [0.29, 0.717) is 13.1 Å². The zero-order valence-electron chi connectivity index (χ0n) is 10.5. The highest BCUT2D eigenvalue weighted by Gasteiger charge is 2.37. The summed E-state index contributed by atoms with van der Waals surface area (Å²) in [6.45, 7) is 2.79. The highest BCUT2D eigenvalue weighted by atomic mass is 32.2. The van der Waals surface area contributed by atoms with E-state index in [1.807, 2.05) is 6.92 Å². The molecule has 0 aliphatic heterocycles. The smallest absolute Gasteiger partial charge is 0.246 e. The Hall–Kier alpha value is -0.920. The van der Waals surface area contributed by atoms with Crippen molar-refractivity contribution in [3.05, 3.63) is 12.4 Å². The largest absolute Gasteiger partial charge is 0.394 e. The van der Waals surface area contributed by atoms with Crippen molar-refractivity contribution in [1.82, 2.24) is 14.1 Å². The maximum Gasteiger partial charge on any atom is 0.246 e. The molecule has 0 bridgehead atoms. The molecule has 0 spiro atoms. The Kier molecular flexibility index (Phi) is 4.04. The lowest BCUT2D eigenvalue weighted by molar-refractivity contribution is 0.269. The molecule has 0 atom stereocenters. The summed E-state index contributed by atoms with van der Waals surface area (Å²) >= 11 is 0. The zero-order chi connectivity index (χ0) is 13.2. The van der Waals surface area contributed by atoms with E-state index >= 15 is 0 Å². The van der Waals surface area contributed by atoms with Gasteiger partial charge in [-0.05, 0) is 19.3 Å². The van der Waals surface area contributed by atoms with Gasteiger partial charge >= 0.3 is 0 Å². The monoisotopic (exact) mass is 273 g/mol. The Labute approximate surface area is 107 Å². The second-order valence-electron chi connectivity index (χ2n) is 4.51. The van der Waals surface area contributed by atoms with Gasteiger partial charge in [0.2, 0.25) is 10.0 Å². The fourth-order valence-corrected chi connectivity index (χ4v) is 3.65. The molecule has 1 heterocycles. The van der Waals surface area contributed by atoms with Crippen LogP contribution in [-0.4, -0.2) is 46.8 Å². The summed E-state index contributed by atoms with van der Waals surface area (Å²) in [6, 6.07) is 0.163. The topological polar surface area (TPSA) is 75.4 Å². The van der Waals surface area contributed by atoms with E-state index < -0.39 is 10.0 Å². The second-order valence-corrected chi connectivity index (χ2v) is 6.40. The van der Waals surface area contributed by atoms with Gasteiger partial charge in [0.05, 0.1) is 19.3 Å². The van der Waals surface area contributed by atoms with E-state index in [0.717, 1.165) is 19.3 Å². The number of nitrogens with zero attached hydrogens (tertiary/aromatic N) is 3. The van der Waals surface area contributed by atoms with Crippen molar-refractivity contribution in [3.63, 3.8) is 0 Å². The second kappa shape index (κ2) is 5.38. The van der Waals surface area contributed by atoms with Crippen molar-refractivity contribution < 1.29 is 13.5 Å². The molecule has 1 aliphatic carbocycles. The number of aliphatic hydroxyl groups is 1. The molecule has 1 N–H and O–H groups in total. The van der Waals surface area contributed by atoms with Crippen LogP contribution in [0.5, 0.6) is 0 Å². The van der Waals surface area contributed by atoms with Gasteiger partial charge in [-0.15, -0.1) is 0 Å². The van der Waals surface area contributed by atoms with Crippen LogP contribution >= 0.6 is 0 Å². The van der Waals surface area contributed by atoms with E-state index in [9.17, 15) is 8.42 Å². The van der Waals surface area contributed by atoms with Crippen LogP contribution in [-0.2, 0) is 16.6 Å². The van der Waals surface area contributed by atoms with E-state index in [1.165, 1.54) is 17.1 Å². The summed E-state index contributed by atoms with van der Waals surface area (Å²) < 4.78 is 27.9. The number of sulfonamides is 1. The Morgan fingerprint density at radius 1 is 1.56 bits per heavy atom. The van der Waals surface area contributed by atoms with Gasteiger partial charge in [0.1, 0.15) is 4.90 Å². The Bertz CT molecular complexity index is 493. The highest BCUT2D eigenvalue weighted by Crippen LogP contribution is 2.31. The summed E-state index contributed by atoms with van der Waals surface area (Å²) in [4.78, 5) is 0.219. The van der Waals surface area contributed by atoms with Crippen molar-refractivity contribution >= 4 is 10.0 Å². The molecule has 7 heteroatoms. The van der Waals surface area contributed by atoms with Gasteiger partial charge in [0.25, 0.3) is 0 Å². The first-order valence-electron chi connectivity index (χ1n) is 6.24.